The van der Waals surface area contributed by atoms with E-state index < -0.39 is 29.0 Å². The van der Waals surface area contributed by atoms with Crippen molar-refractivity contribution in [1.29, 1.82) is 0 Å². The number of hydrogen-bond donors (Lipinski definition) is 4. The first kappa shape index (κ1) is 25.7. The molecule has 0 amide bonds. The van der Waals surface area contributed by atoms with Crippen LogP contribution < -0.4 is 0 Å². The van der Waals surface area contributed by atoms with Gasteiger partial charge >= 0.3 is 5.97 Å². The van der Waals surface area contributed by atoms with Gasteiger partial charge in [0.25, 0.3) is 0 Å². The zero-order valence-electron chi connectivity index (χ0n) is 22.7. The minimum Gasteiger partial charge on any atom is -0.481 e. The van der Waals surface area contributed by atoms with Crippen LogP contribution >= 0.6 is 0 Å². The van der Waals surface area contributed by atoms with E-state index in [0.29, 0.717) is 24.2 Å². The van der Waals surface area contributed by atoms with Crippen LogP contribution in [0.15, 0.2) is 11.6 Å². The van der Waals surface area contributed by atoms with Gasteiger partial charge in [-0.3, -0.25) is 4.79 Å². The lowest BCUT2D eigenvalue weighted by Crippen LogP contribution is -2.68. The molecule has 35 heavy (non-hydrogen) atoms. The highest BCUT2D eigenvalue weighted by Gasteiger charge is 2.70. The monoisotopic (exact) mass is 488 g/mol. The Morgan fingerprint density at radius 1 is 1.00 bits per heavy atom. The maximum atomic E-state index is 12.8. The Balaban J connectivity index is 1.62. The third-order valence-corrected chi connectivity index (χ3v) is 13.5. The standard InChI is InChI=1S/C30H48O5/c1-17-9-12-30(25(34)35)14-13-28(5)19(23(30)18(17)2)7-8-22-26(3)15-20(32)24(33)27(4,16-31)21(26)10-11-29(22,28)6/h7,17-18,20-24,31-33H,8-16H2,1-6H3,(H,34,35)/t17?,18?,20?,21?,22?,23?,24?,26-,27-,28+,29+,30-/m0/s1. The number of carboxylic acids is 1. The molecule has 0 aromatic carbocycles. The molecule has 4 N–H and O–H groups in total. The van der Waals surface area contributed by atoms with E-state index in [1.54, 1.807) is 0 Å². The number of hydrogen-bond acceptors (Lipinski definition) is 4. The number of allylic oxidation sites excluding steroid dienone is 2. The summed E-state index contributed by atoms with van der Waals surface area (Å²) in [5, 5.41) is 42.9. The zero-order chi connectivity index (χ0) is 25.8. The van der Waals surface area contributed by atoms with E-state index in [1.807, 2.05) is 6.92 Å². The van der Waals surface area contributed by atoms with Gasteiger partial charge in [-0.25, -0.2) is 0 Å². The average molecular weight is 489 g/mol. The predicted octanol–water partition coefficient (Wildman–Crippen LogP) is 5.03. The van der Waals surface area contributed by atoms with Crippen LogP contribution in [0.1, 0.15) is 92.9 Å². The second kappa shape index (κ2) is 7.80. The summed E-state index contributed by atoms with van der Waals surface area (Å²) < 4.78 is 0. The van der Waals surface area contributed by atoms with E-state index in [-0.39, 0.29) is 34.7 Å². The van der Waals surface area contributed by atoms with Crippen LogP contribution in [0.3, 0.4) is 0 Å². The van der Waals surface area contributed by atoms with Crippen molar-refractivity contribution in [2.45, 2.75) is 105 Å². The maximum Gasteiger partial charge on any atom is 0.310 e. The molecule has 5 rings (SSSR count). The predicted molar refractivity (Wildman–Crippen MR) is 135 cm³/mol. The van der Waals surface area contributed by atoms with Crippen LogP contribution in [0, 0.1) is 56.7 Å². The number of aliphatic hydroxyl groups excluding tert-OH is 3. The lowest BCUT2D eigenvalue weighted by molar-refractivity contribution is -0.244. The Kier molecular flexibility index (Phi) is 5.73. The highest BCUT2D eigenvalue weighted by atomic mass is 16.4. The number of fused-ring (bicyclic) bond motifs is 7. The summed E-state index contributed by atoms with van der Waals surface area (Å²) in [6, 6.07) is 0. The van der Waals surface area contributed by atoms with Gasteiger partial charge in [-0.2, -0.15) is 0 Å². The third kappa shape index (κ3) is 2.95. The minimum absolute atomic E-state index is 0.00815. The van der Waals surface area contributed by atoms with E-state index in [1.165, 1.54) is 5.57 Å². The van der Waals surface area contributed by atoms with Crippen molar-refractivity contribution in [3.63, 3.8) is 0 Å². The number of rotatable bonds is 2. The van der Waals surface area contributed by atoms with Crippen molar-refractivity contribution in [3.05, 3.63) is 11.6 Å². The Labute approximate surface area is 211 Å². The van der Waals surface area contributed by atoms with Crippen LogP contribution in [0.5, 0.6) is 0 Å². The van der Waals surface area contributed by atoms with Gasteiger partial charge in [0.1, 0.15) is 0 Å². The first-order chi connectivity index (χ1) is 16.2. The van der Waals surface area contributed by atoms with Crippen molar-refractivity contribution in [2.24, 2.45) is 56.7 Å². The quantitative estimate of drug-likeness (QED) is 0.409. The summed E-state index contributed by atoms with van der Waals surface area (Å²) >= 11 is 0. The van der Waals surface area contributed by atoms with Crippen molar-refractivity contribution in [2.75, 3.05) is 6.61 Å². The molecule has 4 fully saturated rings. The lowest BCUT2D eigenvalue weighted by atomic mass is 9.33. The molecular formula is C30H48O5. The second-order valence-corrected chi connectivity index (χ2v) is 14.5. The number of carboxylic acid groups (broad SMARTS) is 1. The number of aliphatic carboxylic acids is 1. The van der Waals surface area contributed by atoms with Gasteiger partial charge in [0.05, 0.1) is 24.2 Å². The molecule has 5 aliphatic rings. The molecule has 0 radical (unpaired) electrons. The maximum absolute atomic E-state index is 12.8. The van der Waals surface area contributed by atoms with Crippen LogP contribution in [-0.2, 0) is 4.79 Å². The lowest BCUT2D eigenvalue weighted by Gasteiger charge is -2.71. The first-order valence-electron chi connectivity index (χ1n) is 14.1. The van der Waals surface area contributed by atoms with Crippen LogP contribution in [-0.4, -0.2) is 45.2 Å². The summed E-state index contributed by atoms with van der Waals surface area (Å²) in [6.45, 7) is 13.6. The van der Waals surface area contributed by atoms with Gasteiger partial charge in [-0.15, -0.1) is 0 Å². The molecule has 5 aliphatic carbocycles. The number of carbonyl (C=O) groups is 1. The molecule has 0 aromatic rings. The molecule has 0 spiro atoms. The molecule has 0 saturated heterocycles. The Morgan fingerprint density at radius 2 is 1.69 bits per heavy atom. The van der Waals surface area contributed by atoms with E-state index in [4.69, 9.17) is 0 Å². The van der Waals surface area contributed by atoms with Gasteiger partial charge in [0, 0.05) is 5.41 Å². The fourth-order valence-corrected chi connectivity index (χ4v) is 11.0. The summed E-state index contributed by atoms with van der Waals surface area (Å²) in [4.78, 5) is 12.8. The van der Waals surface area contributed by atoms with E-state index in [9.17, 15) is 25.2 Å². The average Bonchev–Trinajstić information content (AvgIpc) is 2.80. The Bertz CT molecular complexity index is 930. The van der Waals surface area contributed by atoms with E-state index >= 15 is 0 Å². The topological polar surface area (TPSA) is 98.0 Å². The van der Waals surface area contributed by atoms with Crippen LogP contribution in [0.2, 0.25) is 0 Å². The minimum atomic E-state index is -0.907. The summed E-state index contributed by atoms with van der Waals surface area (Å²) in [5.74, 6) is 0.828. The molecule has 12 atom stereocenters. The normalized spacial score (nSPS) is 57.7. The Hall–Kier alpha value is -0.910. The Morgan fingerprint density at radius 3 is 2.31 bits per heavy atom. The van der Waals surface area contributed by atoms with Gasteiger partial charge in [-0.1, -0.05) is 53.2 Å². The molecule has 5 nitrogen and oxygen atoms in total. The zero-order valence-corrected chi connectivity index (χ0v) is 22.7. The summed E-state index contributed by atoms with van der Waals surface area (Å²) in [7, 11) is 0. The molecule has 0 aromatic heterocycles. The van der Waals surface area contributed by atoms with Crippen molar-refractivity contribution in [1.82, 2.24) is 0 Å². The highest BCUT2D eigenvalue weighted by Crippen LogP contribution is 2.75. The molecule has 4 saturated carbocycles. The summed E-state index contributed by atoms with van der Waals surface area (Å²) in [6.07, 6.45) is 7.51. The molecule has 0 aliphatic heterocycles. The SMILES string of the molecule is CC1CC[C@]2(C(=O)O)CC[C@]3(C)C(=CCC4[C@@]5(C)CC(O)C(O)[C@@](C)(CO)C5CC[C@]43C)C2C1C. The number of aliphatic hydroxyl groups is 3. The highest BCUT2D eigenvalue weighted by molar-refractivity contribution is 5.76. The van der Waals surface area contributed by atoms with Crippen LogP contribution in [0.4, 0.5) is 0 Å². The van der Waals surface area contributed by atoms with Crippen molar-refractivity contribution < 1.29 is 25.2 Å². The fourth-order valence-electron chi connectivity index (χ4n) is 11.0. The second-order valence-electron chi connectivity index (χ2n) is 14.5. The van der Waals surface area contributed by atoms with Crippen molar-refractivity contribution >= 4 is 5.97 Å². The van der Waals surface area contributed by atoms with Gasteiger partial charge in [0.15, 0.2) is 0 Å². The van der Waals surface area contributed by atoms with Crippen LogP contribution in [0.25, 0.3) is 0 Å². The fraction of sp³-hybridized carbons (Fsp3) is 0.900. The van der Waals surface area contributed by atoms with E-state index in [2.05, 4.69) is 40.7 Å². The molecule has 7 unspecified atom stereocenters. The largest absolute Gasteiger partial charge is 0.481 e. The molecular weight excluding hydrogens is 440 g/mol. The molecule has 5 heteroatoms. The third-order valence-electron chi connectivity index (χ3n) is 13.5. The van der Waals surface area contributed by atoms with Gasteiger partial charge in [0.2, 0.25) is 0 Å². The molecule has 198 valence electrons. The summed E-state index contributed by atoms with van der Waals surface area (Å²) in [5.41, 5.74) is -0.214. The smallest absolute Gasteiger partial charge is 0.310 e. The van der Waals surface area contributed by atoms with Gasteiger partial charge in [-0.05, 0) is 97.2 Å². The molecule has 0 bridgehead atoms. The first-order valence-corrected chi connectivity index (χ1v) is 14.1. The van der Waals surface area contributed by atoms with Crippen molar-refractivity contribution in [3.8, 4) is 0 Å². The molecule has 0 heterocycles. The van der Waals surface area contributed by atoms with E-state index in [0.717, 1.165) is 44.9 Å². The van der Waals surface area contributed by atoms with Gasteiger partial charge < -0.3 is 20.4 Å².